The molecular weight excluding hydrogens is 248 g/mol. The molecule has 0 aliphatic carbocycles. The summed E-state index contributed by atoms with van der Waals surface area (Å²) < 4.78 is 5.56. The zero-order valence-electron chi connectivity index (χ0n) is 9.76. The Kier molecular flexibility index (Phi) is 3.96. The first-order valence-corrected chi connectivity index (χ1v) is 6.33. The average Bonchev–Trinajstić information content (AvgIpc) is 2.84. The molecule has 2 rings (SSSR count). The third-order valence-electron chi connectivity index (χ3n) is 2.51. The molecule has 2 aromatic rings. The van der Waals surface area contributed by atoms with Gasteiger partial charge in [0.2, 0.25) is 5.91 Å². The first-order chi connectivity index (χ1) is 8.66. The van der Waals surface area contributed by atoms with Crippen LogP contribution in [0.2, 0.25) is 0 Å². The van der Waals surface area contributed by atoms with Gasteiger partial charge in [-0.2, -0.15) is 0 Å². The highest BCUT2D eigenvalue weighted by Gasteiger charge is 2.05. The van der Waals surface area contributed by atoms with Crippen LogP contribution in [0, 0.1) is 0 Å². The zero-order valence-corrected chi connectivity index (χ0v) is 10.6. The molecule has 94 valence electrons. The second-order valence-corrected chi connectivity index (χ2v) is 4.88. The largest absolute Gasteiger partial charge is 0.398 e. The molecule has 4 N–H and O–H groups in total. The number of primary amides is 1. The van der Waals surface area contributed by atoms with Crippen LogP contribution in [0.15, 0.2) is 35.7 Å². The van der Waals surface area contributed by atoms with E-state index < -0.39 is 5.91 Å². The molecule has 0 spiro atoms. The van der Waals surface area contributed by atoms with Crippen molar-refractivity contribution in [2.75, 3.05) is 5.73 Å². The molecular formula is C13H14N2O2S. The fraction of sp³-hybridized carbons (Fsp3) is 0.154. The summed E-state index contributed by atoms with van der Waals surface area (Å²) in [5.74, 6) is -0.479. The molecule has 0 bridgehead atoms. The van der Waals surface area contributed by atoms with E-state index in [4.69, 9.17) is 16.2 Å². The van der Waals surface area contributed by atoms with Gasteiger partial charge in [0, 0.05) is 21.7 Å². The van der Waals surface area contributed by atoms with Crippen molar-refractivity contribution in [3.8, 4) is 0 Å². The molecule has 0 saturated heterocycles. The van der Waals surface area contributed by atoms with Gasteiger partial charge in [0.15, 0.2) is 0 Å². The fourth-order valence-corrected chi connectivity index (χ4v) is 2.18. The predicted octanol–water partition coefficient (Wildman–Crippen LogP) is 2.15. The smallest absolute Gasteiger partial charge is 0.248 e. The summed E-state index contributed by atoms with van der Waals surface area (Å²) in [5.41, 5.74) is 12.8. The van der Waals surface area contributed by atoms with Crippen molar-refractivity contribution in [1.29, 1.82) is 0 Å². The van der Waals surface area contributed by atoms with E-state index >= 15 is 0 Å². The third-order valence-corrected chi connectivity index (χ3v) is 3.36. The molecule has 1 amide bonds. The molecule has 1 aromatic carbocycles. The lowest BCUT2D eigenvalue weighted by Crippen LogP contribution is -2.11. The van der Waals surface area contributed by atoms with E-state index in [2.05, 4.69) is 0 Å². The van der Waals surface area contributed by atoms with Gasteiger partial charge in [-0.3, -0.25) is 4.79 Å². The summed E-state index contributed by atoms with van der Waals surface area (Å²) in [4.78, 5) is 12.1. The Bertz CT molecular complexity index is 538. The maximum absolute atomic E-state index is 11.0. The Morgan fingerprint density at radius 2 is 2.11 bits per heavy atom. The van der Waals surface area contributed by atoms with Gasteiger partial charge < -0.3 is 16.2 Å². The Labute approximate surface area is 109 Å². The summed E-state index contributed by atoms with van der Waals surface area (Å²) in [6, 6.07) is 9.00. The van der Waals surface area contributed by atoms with Crippen LogP contribution in [-0.4, -0.2) is 5.91 Å². The molecule has 0 radical (unpaired) electrons. The minimum atomic E-state index is -0.479. The van der Waals surface area contributed by atoms with Crippen LogP contribution in [0.5, 0.6) is 0 Å². The van der Waals surface area contributed by atoms with Crippen molar-refractivity contribution in [3.05, 3.63) is 51.7 Å². The molecule has 1 aromatic heterocycles. The van der Waals surface area contributed by atoms with Gasteiger partial charge in [-0.05, 0) is 23.6 Å². The van der Waals surface area contributed by atoms with Crippen molar-refractivity contribution in [3.63, 3.8) is 0 Å². The third kappa shape index (κ3) is 3.09. The van der Waals surface area contributed by atoms with Crippen LogP contribution >= 0.6 is 11.3 Å². The Balaban J connectivity index is 1.95. The van der Waals surface area contributed by atoms with Crippen molar-refractivity contribution >= 4 is 22.9 Å². The number of nitrogen functional groups attached to an aromatic ring is 1. The molecule has 0 fully saturated rings. The molecule has 18 heavy (non-hydrogen) atoms. The Hall–Kier alpha value is -1.85. The predicted molar refractivity (Wildman–Crippen MR) is 72.2 cm³/mol. The Morgan fingerprint density at radius 1 is 1.28 bits per heavy atom. The van der Waals surface area contributed by atoms with E-state index in [1.165, 1.54) is 4.88 Å². The van der Waals surface area contributed by atoms with Gasteiger partial charge in [-0.1, -0.05) is 12.1 Å². The number of hydrogen-bond donors (Lipinski definition) is 2. The Morgan fingerprint density at radius 3 is 2.72 bits per heavy atom. The molecule has 1 heterocycles. The number of carbonyl (C=O) groups is 1. The molecule has 0 aliphatic rings. The van der Waals surface area contributed by atoms with Gasteiger partial charge in [0.05, 0.1) is 13.2 Å². The minimum Gasteiger partial charge on any atom is -0.398 e. The summed E-state index contributed by atoms with van der Waals surface area (Å²) >= 11 is 1.65. The lowest BCUT2D eigenvalue weighted by molar-refractivity contribution is 0.0999. The van der Waals surface area contributed by atoms with Crippen LogP contribution in [0.4, 0.5) is 5.69 Å². The van der Waals surface area contributed by atoms with E-state index in [9.17, 15) is 4.79 Å². The number of hydrogen-bond acceptors (Lipinski definition) is 4. The number of ether oxygens (including phenoxy) is 1. The lowest BCUT2D eigenvalue weighted by Gasteiger charge is -2.07. The summed E-state index contributed by atoms with van der Waals surface area (Å²) in [7, 11) is 0. The zero-order chi connectivity index (χ0) is 13.0. The second-order valence-electron chi connectivity index (χ2n) is 3.85. The number of amides is 1. The first-order valence-electron chi connectivity index (χ1n) is 5.45. The van der Waals surface area contributed by atoms with Gasteiger partial charge >= 0.3 is 0 Å². The number of thiophene rings is 1. The summed E-state index contributed by atoms with van der Waals surface area (Å²) in [6.07, 6.45) is 0. The molecule has 0 unspecified atom stereocenters. The topological polar surface area (TPSA) is 78.3 Å². The monoisotopic (exact) mass is 262 g/mol. The number of benzene rings is 1. The minimum absolute atomic E-state index is 0.412. The van der Waals surface area contributed by atoms with Crippen LogP contribution in [0.3, 0.4) is 0 Å². The van der Waals surface area contributed by atoms with Crippen molar-refractivity contribution in [2.45, 2.75) is 13.2 Å². The number of rotatable bonds is 5. The molecule has 0 atom stereocenters. The summed E-state index contributed by atoms with van der Waals surface area (Å²) in [6.45, 7) is 0.984. The van der Waals surface area contributed by atoms with Crippen LogP contribution in [-0.2, 0) is 18.0 Å². The number of nitrogens with two attached hydrogens (primary N) is 2. The molecule has 4 nitrogen and oxygen atoms in total. The quantitative estimate of drug-likeness (QED) is 0.810. The van der Waals surface area contributed by atoms with Crippen LogP contribution in [0.25, 0.3) is 0 Å². The van der Waals surface area contributed by atoms with Gasteiger partial charge in [-0.25, -0.2) is 0 Å². The van der Waals surface area contributed by atoms with E-state index in [0.29, 0.717) is 24.5 Å². The lowest BCUT2D eigenvalue weighted by atomic mass is 10.1. The van der Waals surface area contributed by atoms with Crippen LogP contribution < -0.4 is 11.5 Å². The SMILES string of the molecule is NC(=O)c1ccc(COCc2cccs2)c(N)c1. The van der Waals surface area contributed by atoms with Crippen LogP contribution in [0.1, 0.15) is 20.8 Å². The van der Waals surface area contributed by atoms with Crippen molar-refractivity contribution in [2.24, 2.45) is 5.73 Å². The van der Waals surface area contributed by atoms with E-state index in [1.807, 2.05) is 17.5 Å². The average molecular weight is 262 g/mol. The molecule has 0 aliphatic heterocycles. The van der Waals surface area contributed by atoms with Gasteiger partial charge in [0.25, 0.3) is 0 Å². The van der Waals surface area contributed by atoms with Crippen molar-refractivity contribution < 1.29 is 9.53 Å². The fourth-order valence-electron chi connectivity index (χ4n) is 1.54. The van der Waals surface area contributed by atoms with E-state index in [0.717, 1.165) is 5.56 Å². The summed E-state index contributed by atoms with van der Waals surface area (Å²) in [5, 5.41) is 2.01. The van der Waals surface area contributed by atoms with Gasteiger partial charge in [0.1, 0.15) is 0 Å². The second kappa shape index (κ2) is 5.66. The van der Waals surface area contributed by atoms with Crippen molar-refractivity contribution in [1.82, 2.24) is 0 Å². The highest BCUT2D eigenvalue weighted by Crippen LogP contribution is 2.17. The molecule has 0 saturated carbocycles. The first kappa shape index (κ1) is 12.6. The van der Waals surface area contributed by atoms with Gasteiger partial charge in [-0.15, -0.1) is 11.3 Å². The normalized spacial score (nSPS) is 10.4. The number of anilines is 1. The maximum atomic E-state index is 11.0. The van der Waals surface area contributed by atoms with E-state index in [-0.39, 0.29) is 0 Å². The highest BCUT2D eigenvalue weighted by molar-refractivity contribution is 7.09. The maximum Gasteiger partial charge on any atom is 0.248 e. The number of carbonyl (C=O) groups excluding carboxylic acids is 1. The molecule has 5 heteroatoms. The highest BCUT2D eigenvalue weighted by atomic mass is 32.1. The van der Waals surface area contributed by atoms with E-state index in [1.54, 1.807) is 29.5 Å². The standard InChI is InChI=1S/C13H14N2O2S/c14-12-6-9(13(15)16)3-4-10(12)7-17-8-11-2-1-5-18-11/h1-6H,7-8,14H2,(H2,15,16).